The monoisotopic (exact) mass is 390 g/mol. The lowest BCUT2D eigenvalue weighted by Gasteiger charge is -2.22. The van der Waals surface area contributed by atoms with Gasteiger partial charge < -0.3 is 5.32 Å². The van der Waals surface area contributed by atoms with E-state index in [1.165, 1.54) is 11.1 Å². The molecular formula is C21H24Cl2N2O. The first-order chi connectivity index (χ1) is 12.4. The van der Waals surface area contributed by atoms with Gasteiger partial charge in [0.1, 0.15) is 0 Å². The van der Waals surface area contributed by atoms with Crippen LogP contribution in [-0.2, 0) is 11.3 Å². The van der Waals surface area contributed by atoms with Crippen LogP contribution in [0.3, 0.4) is 0 Å². The fraction of sp³-hybridized carbons (Fsp3) is 0.381. The molecule has 0 radical (unpaired) electrons. The number of hydrogen-bond acceptors (Lipinski definition) is 2. The lowest BCUT2D eigenvalue weighted by Crippen LogP contribution is -2.34. The molecule has 0 saturated heterocycles. The van der Waals surface area contributed by atoms with Crippen LogP contribution < -0.4 is 5.32 Å². The number of para-hydroxylation sites is 1. The van der Waals surface area contributed by atoms with E-state index in [0.29, 0.717) is 34.2 Å². The minimum atomic E-state index is -0.0919. The van der Waals surface area contributed by atoms with Gasteiger partial charge in [0.2, 0.25) is 5.91 Å². The van der Waals surface area contributed by atoms with E-state index >= 15 is 0 Å². The number of nitrogens with one attached hydrogen (secondary N) is 1. The Balaban J connectivity index is 1.64. The van der Waals surface area contributed by atoms with Gasteiger partial charge in [-0.05, 0) is 42.0 Å². The maximum absolute atomic E-state index is 12.5. The normalized spacial score (nSPS) is 14.1. The Morgan fingerprint density at radius 3 is 2.27 bits per heavy atom. The molecule has 0 heterocycles. The molecule has 0 atom stereocenters. The van der Waals surface area contributed by atoms with Gasteiger partial charge in [-0.1, -0.05) is 67.4 Å². The van der Waals surface area contributed by atoms with Crippen molar-refractivity contribution in [3.63, 3.8) is 0 Å². The highest BCUT2D eigenvalue weighted by molar-refractivity contribution is 6.39. The zero-order valence-electron chi connectivity index (χ0n) is 15.1. The summed E-state index contributed by atoms with van der Waals surface area (Å²) in [5.41, 5.74) is 3.04. The van der Waals surface area contributed by atoms with Crippen LogP contribution >= 0.6 is 23.2 Å². The van der Waals surface area contributed by atoms with Gasteiger partial charge in [-0.3, -0.25) is 9.69 Å². The molecule has 0 unspecified atom stereocenters. The molecule has 1 N–H and O–H groups in total. The second kappa shape index (κ2) is 8.43. The third-order valence-corrected chi connectivity index (χ3v) is 5.30. The van der Waals surface area contributed by atoms with Gasteiger partial charge in [0, 0.05) is 12.6 Å². The molecule has 0 aromatic heterocycles. The quantitative estimate of drug-likeness (QED) is 0.655. The molecule has 1 aliphatic rings. The average molecular weight is 391 g/mol. The third-order valence-electron chi connectivity index (χ3n) is 4.67. The van der Waals surface area contributed by atoms with Crippen molar-refractivity contribution in [2.24, 2.45) is 0 Å². The van der Waals surface area contributed by atoms with E-state index in [4.69, 9.17) is 23.2 Å². The standard InChI is InChI=1S/C21H24Cl2N2O/c1-14(2)16-8-6-15(7-9-16)12-25(17-10-11-17)13-20(26)24-21-18(22)4-3-5-19(21)23/h3-9,14,17H,10-13H2,1-2H3,(H,24,26). The Labute approximate surface area is 165 Å². The highest BCUT2D eigenvalue weighted by Gasteiger charge is 2.30. The van der Waals surface area contributed by atoms with E-state index < -0.39 is 0 Å². The molecule has 26 heavy (non-hydrogen) atoms. The summed E-state index contributed by atoms with van der Waals surface area (Å²) in [6.07, 6.45) is 2.29. The van der Waals surface area contributed by atoms with Gasteiger partial charge in [-0.25, -0.2) is 0 Å². The van der Waals surface area contributed by atoms with Gasteiger partial charge >= 0.3 is 0 Å². The largest absolute Gasteiger partial charge is 0.322 e. The number of carbonyl (C=O) groups is 1. The minimum absolute atomic E-state index is 0.0919. The van der Waals surface area contributed by atoms with Crippen molar-refractivity contribution >= 4 is 34.8 Å². The molecular weight excluding hydrogens is 367 g/mol. The Morgan fingerprint density at radius 2 is 1.73 bits per heavy atom. The fourth-order valence-electron chi connectivity index (χ4n) is 2.98. The van der Waals surface area contributed by atoms with Crippen molar-refractivity contribution in [2.45, 2.75) is 45.2 Å². The molecule has 138 valence electrons. The van der Waals surface area contributed by atoms with Crippen LogP contribution in [0.1, 0.15) is 43.7 Å². The Kier molecular flexibility index (Phi) is 6.23. The van der Waals surface area contributed by atoms with E-state index in [1.807, 2.05) is 0 Å². The Bertz CT molecular complexity index is 750. The second-order valence-corrected chi connectivity index (χ2v) is 7.99. The number of hydrogen-bond donors (Lipinski definition) is 1. The summed E-state index contributed by atoms with van der Waals surface area (Å²) in [5, 5.41) is 3.76. The lowest BCUT2D eigenvalue weighted by molar-refractivity contribution is -0.117. The molecule has 5 heteroatoms. The first-order valence-corrected chi connectivity index (χ1v) is 9.76. The first-order valence-electron chi connectivity index (χ1n) is 9.01. The van der Waals surface area contributed by atoms with Crippen LogP contribution in [0.15, 0.2) is 42.5 Å². The number of halogens is 2. The molecule has 3 rings (SSSR count). The molecule has 3 nitrogen and oxygen atoms in total. The molecule has 0 aliphatic heterocycles. The average Bonchev–Trinajstić information content (AvgIpc) is 3.43. The Morgan fingerprint density at radius 1 is 1.12 bits per heavy atom. The highest BCUT2D eigenvalue weighted by Crippen LogP contribution is 2.31. The summed E-state index contributed by atoms with van der Waals surface area (Å²) < 4.78 is 0. The molecule has 0 spiro atoms. The second-order valence-electron chi connectivity index (χ2n) is 7.18. The predicted molar refractivity (Wildman–Crippen MR) is 109 cm³/mol. The molecule has 1 aliphatic carbocycles. The van der Waals surface area contributed by atoms with Crippen molar-refractivity contribution in [2.75, 3.05) is 11.9 Å². The smallest absolute Gasteiger partial charge is 0.238 e. The van der Waals surface area contributed by atoms with Crippen molar-refractivity contribution in [1.29, 1.82) is 0 Å². The maximum Gasteiger partial charge on any atom is 0.238 e. The van der Waals surface area contributed by atoms with Crippen LogP contribution in [0.25, 0.3) is 0 Å². The van der Waals surface area contributed by atoms with Gasteiger partial charge in [-0.2, -0.15) is 0 Å². The highest BCUT2D eigenvalue weighted by atomic mass is 35.5. The van der Waals surface area contributed by atoms with Gasteiger partial charge in [0.15, 0.2) is 0 Å². The first kappa shape index (κ1) is 19.2. The van der Waals surface area contributed by atoms with E-state index in [2.05, 4.69) is 48.3 Å². The predicted octanol–water partition coefficient (Wildman–Crippen LogP) is 5.72. The number of anilines is 1. The van der Waals surface area contributed by atoms with Gasteiger partial charge in [0.25, 0.3) is 0 Å². The van der Waals surface area contributed by atoms with E-state index in [0.717, 1.165) is 19.4 Å². The number of amides is 1. The van der Waals surface area contributed by atoms with E-state index in [1.54, 1.807) is 18.2 Å². The molecule has 2 aromatic carbocycles. The maximum atomic E-state index is 12.5. The molecule has 1 saturated carbocycles. The lowest BCUT2D eigenvalue weighted by atomic mass is 10.0. The zero-order chi connectivity index (χ0) is 18.7. The molecule has 2 aromatic rings. The van der Waals surface area contributed by atoms with Crippen LogP contribution in [0, 0.1) is 0 Å². The van der Waals surface area contributed by atoms with Crippen molar-refractivity contribution < 1.29 is 4.79 Å². The number of rotatable bonds is 7. The van der Waals surface area contributed by atoms with Gasteiger partial charge in [0.05, 0.1) is 22.3 Å². The van der Waals surface area contributed by atoms with Crippen LogP contribution in [-0.4, -0.2) is 23.4 Å². The van der Waals surface area contributed by atoms with E-state index in [-0.39, 0.29) is 5.91 Å². The topological polar surface area (TPSA) is 32.3 Å². The summed E-state index contributed by atoms with van der Waals surface area (Å²) in [7, 11) is 0. The summed E-state index contributed by atoms with van der Waals surface area (Å²) in [6.45, 7) is 5.48. The molecule has 0 bridgehead atoms. The van der Waals surface area contributed by atoms with Crippen LogP contribution in [0.5, 0.6) is 0 Å². The van der Waals surface area contributed by atoms with Crippen molar-refractivity contribution in [3.8, 4) is 0 Å². The summed E-state index contributed by atoms with van der Waals surface area (Å²) >= 11 is 12.3. The van der Waals surface area contributed by atoms with E-state index in [9.17, 15) is 4.79 Å². The zero-order valence-corrected chi connectivity index (χ0v) is 16.6. The number of benzene rings is 2. The molecule has 1 amide bonds. The summed E-state index contributed by atoms with van der Waals surface area (Å²) in [5.74, 6) is 0.431. The number of nitrogens with zero attached hydrogens (tertiary/aromatic N) is 1. The third kappa shape index (κ3) is 5.00. The minimum Gasteiger partial charge on any atom is -0.322 e. The van der Waals surface area contributed by atoms with Crippen molar-refractivity contribution in [1.82, 2.24) is 4.90 Å². The fourth-order valence-corrected chi connectivity index (χ4v) is 3.47. The SMILES string of the molecule is CC(C)c1ccc(CN(CC(=O)Nc2c(Cl)cccc2Cl)C2CC2)cc1. The van der Waals surface area contributed by atoms with Crippen molar-refractivity contribution in [3.05, 3.63) is 63.6 Å². The Hall–Kier alpha value is -1.55. The molecule has 1 fully saturated rings. The van der Waals surface area contributed by atoms with Crippen LogP contribution in [0.4, 0.5) is 5.69 Å². The summed E-state index contributed by atoms with van der Waals surface area (Å²) in [4.78, 5) is 14.7. The van der Waals surface area contributed by atoms with Gasteiger partial charge in [-0.15, -0.1) is 0 Å². The summed E-state index contributed by atoms with van der Waals surface area (Å²) in [6, 6.07) is 14.4. The number of carbonyl (C=O) groups excluding carboxylic acids is 1. The van der Waals surface area contributed by atoms with Crippen LogP contribution in [0.2, 0.25) is 10.0 Å².